The van der Waals surface area contributed by atoms with Crippen LogP contribution in [0, 0.1) is 17.6 Å². The zero-order valence-corrected chi connectivity index (χ0v) is 12.2. The highest BCUT2D eigenvalue weighted by Gasteiger charge is 2.25. The highest BCUT2D eigenvalue weighted by molar-refractivity contribution is 8.00. The lowest BCUT2D eigenvalue weighted by Gasteiger charge is -2.30. The zero-order valence-electron chi connectivity index (χ0n) is 11.4. The summed E-state index contributed by atoms with van der Waals surface area (Å²) in [5.41, 5.74) is 5.24. The lowest BCUT2D eigenvalue weighted by molar-refractivity contribution is -0.132. The lowest BCUT2D eigenvalue weighted by atomic mass is 9.96. The van der Waals surface area contributed by atoms with Gasteiger partial charge in [0, 0.05) is 23.9 Å². The summed E-state index contributed by atoms with van der Waals surface area (Å²) in [5, 5.41) is 0. The molecule has 2 N–H and O–H groups in total. The van der Waals surface area contributed by atoms with E-state index in [1.165, 1.54) is 6.07 Å². The molecule has 21 heavy (non-hydrogen) atoms. The van der Waals surface area contributed by atoms with Gasteiger partial charge in [-0.15, -0.1) is 11.8 Å². The minimum atomic E-state index is -0.922. The van der Waals surface area contributed by atoms with Crippen molar-refractivity contribution >= 4 is 23.6 Å². The van der Waals surface area contributed by atoms with Crippen LogP contribution < -0.4 is 5.73 Å². The fourth-order valence-electron chi connectivity index (χ4n) is 2.22. The number of amides is 2. The molecule has 0 unspecified atom stereocenters. The number of piperidine rings is 1. The first-order valence-corrected chi connectivity index (χ1v) is 7.61. The Kier molecular flexibility index (Phi) is 5.17. The second-order valence-electron chi connectivity index (χ2n) is 4.92. The maximum absolute atomic E-state index is 13.0. The van der Waals surface area contributed by atoms with Crippen molar-refractivity contribution in [2.45, 2.75) is 17.7 Å². The SMILES string of the molecule is NC(=O)C1CCN(C(=O)CSc2ccc(F)c(F)c2)CC1. The van der Waals surface area contributed by atoms with E-state index in [1.54, 1.807) is 4.90 Å². The van der Waals surface area contributed by atoms with Crippen molar-refractivity contribution in [3.8, 4) is 0 Å². The molecule has 1 heterocycles. The Morgan fingerprint density at radius 1 is 1.24 bits per heavy atom. The number of primary amides is 1. The molecule has 1 aliphatic rings. The Morgan fingerprint density at radius 2 is 1.90 bits per heavy atom. The van der Waals surface area contributed by atoms with Crippen LogP contribution in [-0.4, -0.2) is 35.6 Å². The predicted octanol–water partition coefficient (Wildman–Crippen LogP) is 1.78. The van der Waals surface area contributed by atoms with Crippen LogP contribution in [0.25, 0.3) is 0 Å². The summed E-state index contributed by atoms with van der Waals surface area (Å²) < 4.78 is 25.8. The molecule has 0 atom stereocenters. The molecule has 4 nitrogen and oxygen atoms in total. The van der Waals surface area contributed by atoms with Gasteiger partial charge in [0.05, 0.1) is 5.75 Å². The van der Waals surface area contributed by atoms with Crippen molar-refractivity contribution in [3.05, 3.63) is 29.8 Å². The molecular weight excluding hydrogens is 298 g/mol. The summed E-state index contributed by atoms with van der Waals surface area (Å²) in [4.78, 5) is 25.3. The smallest absolute Gasteiger partial charge is 0.232 e. The number of hydrogen-bond acceptors (Lipinski definition) is 3. The molecule has 0 saturated carbocycles. The molecule has 0 radical (unpaired) electrons. The van der Waals surface area contributed by atoms with Gasteiger partial charge in [-0.05, 0) is 31.0 Å². The summed E-state index contributed by atoms with van der Waals surface area (Å²) in [6.45, 7) is 1.01. The van der Waals surface area contributed by atoms with E-state index in [1.807, 2.05) is 0 Å². The molecule has 1 saturated heterocycles. The van der Waals surface area contributed by atoms with Gasteiger partial charge in [0.25, 0.3) is 0 Å². The van der Waals surface area contributed by atoms with Gasteiger partial charge in [0.15, 0.2) is 11.6 Å². The summed E-state index contributed by atoms with van der Waals surface area (Å²) in [6, 6.07) is 3.56. The first-order chi connectivity index (χ1) is 9.97. The molecule has 0 aromatic heterocycles. The molecule has 0 aliphatic carbocycles. The first-order valence-electron chi connectivity index (χ1n) is 6.62. The monoisotopic (exact) mass is 314 g/mol. The number of halogens is 2. The second kappa shape index (κ2) is 6.89. The molecule has 1 fully saturated rings. The van der Waals surface area contributed by atoms with Gasteiger partial charge in [-0.2, -0.15) is 0 Å². The summed E-state index contributed by atoms with van der Waals surface area (Å²) in [7, 11) is 0. The molecule has 1 aromatic carbocycles. The van der Waals surface area contributed by atoms with Gasteiger partial charge < -0.3 is 10.6 Å². The largest absolute Gasteiger partial charge is 0.369 e. The molecule has 114 valence electrons. The molecule has 1 aromatic rings. The zero-order chi connectivity index (χ0) is 15.4. The van der Waals surface area contributed by atoms with Gasteiger partial charge >= 0.3 is 0 Å². The predicted molar refractivity (Wildman–Crippen MR) is 75.6 cm³/mol. The third kappa shape index (κ3) is 4.17. The number of thioether (sulfide) groups is 1. The molecule has 0 bridgehead atoms. The van der Waals surface area contributed by atoms with Crippen LogP contribution in [-0.2, 0) is 9.59 Å². The van der Waals surface area contributed by atoms with Crippen LogP contribution in [0.1, 0.15) is 12.8 Å². The van der Waals surface area contributed by atoms with E-state index in [4.69, 9.17) is 5.73 Å². The molecular formula is C14H16F2N2O2S. The molecule has 2 rings (SSSR count). The topological polar surface area (TPSA) is 63.4 Å². The van der Waals surface area contributed by atoms with Crippen LogP contribution in [0.15, 0.2) is 23.1 Å². The Labute approximate surface area is 125 Å². The van der Waals surface area contributed by atoms with E-state index in [0.29, 0.717) is 30.8 Å². The van der Waals surface area contributed by atoms with E-state index in [2.05, 4.69) is 0 Å². The Balaban J connectivity index is 1.82. The maximum atomic E-state index is 13.0. The van der Waals surface area contributed by atoms with Gasteiger partial charge in [-0.1, -0.05) is 0 Å². The van der Waals surface area contributed by atoms with Crippen LogP contribution in [0.3, 0.4) is 0 Å². The minimum absolute atomic E-state index is 0.0762. The molecule has 2 amide bonds. The average molecular weight is 314 g/mol. The van der Waals surface area contributed by atoms with E-state index in [0.717, 1.165) is 23.9 Å². The van der Waals surface area contributed by atoms with Crippen LogP contribution in [0.5, 0.6) is 0 Å². The lowest BCUT2D eigenvalue weighted by Crippen LogP contribution is -2.42. The average Bonchev–Trinajstić information content (AvgIpc) is 2.48. The third-order valence-electron chi connectivity index (χ3n) is 3.50. The van der Waals surface area contributed by atoms with Crippen molar-refractivity contribution < 1.29 is 18.4 Å². The maximum Gasteiger partial charge on any atom is 0.232 e. The highest BCUT2D eigenvalue weighted by Crippen LogP contribution is 2.22. The van der Waals surface area contributed by atoms with Crippen molar-refractivity contribution in [2.24, 2.45) is 11.7 Å². The van der Waals surface area contributed by atoms with Gasteiger partial charge in [-0.3, -0.25) is 9.59 Å². The summed E-state index contributed by atoms with van der Waals surface area (Å²) in [6.07, 6.45) is 1.16. The molecule has 0 spiro atoms. The number of carbonyl (C=O) groups is 2. The quantitative estimate of drug-likeness (QED) is 0.862. The highest BCUT2D eigenvalue weighted by atomic mass is 32.2. The standard InChI is InChI=1S/C14H16F2N2O2S/c15-11-2-1-10(7-12(11)16)21-8-13(19)18-5-3-9(4-6-18)14(17)20/h1-2,7,9H,3-6,8H2,(H2,17,20). The van der Waals surface area contributed by atoms with Crippen molar-refractivity contribution in [1.82, 2.24) is 4.90 Å². The van der Waals surface area contributed by atoms with E-state index >= 15 is 0 Å². The number of hydrogen-bond donors (Lipinski definition) is 1. The number of benzene rings is 1. The van der Waals surface area contributed by atoms with Crippen molar-refractivity contribution in [1.29, 1.82) is 0 Å². The normalized spacial score (nSPS) is 16.0. The van der Waals surface area contributed by atoms with Gasteiger partial charge in [0.2, 0.25) is 11.8 Å². The van der Waals surface area contributed by atoms with Gasteiger partial charge in [-0.25, -0.2) is 8.78 Å². The van der Waals surface area contributed by atoms with E-state index in [-0.39, 0.29) is 23.5 Å². The molecule has 7 heteroatoms. The van der Waals surface area contributed by atoms with Crippen LogP contribution >= 0.6 is 11.8 Å². The van der Waals surface area contributed by atoms with E-state index in [9.17, 15) is 18.4 Å². The fraction of sp³-hybridized carbons (Fsp3) is 0.429. The number of nitrogens with two attached hydrogens (primary N) is 1. The number of rotatable bonds is 4. The van der Waals surface area contributed by atoms with Crippen molar-refractivity contribution in [2.75, 3.05) is 18.8 Å². The Morgan fingerprint density at radius 3 is 2.48 bits per heavy atom. The number of likely N-dealkylation sites (tertiary alicyclic amines) is 1. The Bertz CT molecular complexity index is 546. The minimum Gasteiger partial charge on any atom is -0.369 e. The Hall–Kier alpha value is -1.63. The number of nitrogens with zero attached hydrogens (tertiary/aromatic N) is 1. The summed E-state index contributed by atoms with van der Waals surface area (Å²) >= 11 is 1.16. The van der Waals surface area contributed by atoms with Crippen LogP contribution in [0.4, 0.5) is 8.78 Å². The van der Waals surface area contributed by atoms with Gasteiger partial charge in [0.1, 0.15) is 0 Å². The van der Waals surface area contributed by atoms with E-state index < -0.39 is 11.6 Å². The van der Waals surface area contributed by atoms with Crippen molar-refractivity contribution in [3.63, 3.8) is 0 Å². The third-order valence-corrected chi connectivity index (χ3v) is 4.48. The summed E-state index contributed by atoms with van der Waals surface area (Å²) in [5.74, 6) is -2.22. The first kappa shape index (κ1) is 15.8. The van der Waals surface area contributed by atoms with Crippen LogP contribution in [0.2, 0.25) is 0 Å². The second-order valence-corrected chi connectivity index (χ2v) is 5.97. The molecule has 1 aliphatic heterocycles. The fourth-order valence-corrected chi connectivity index (χ4v) is 3.04. The number of carbonyl (C=O) groups excluding carboxylic acids is 2.